The Bertz CT molecular complexity index is 550. The van der Waals surface area contributed by atoms with Gasteiger partial charge in [-0.25, -0.2) is 0 Å². The Kier molecular flexibility index (Phi) is 4.61. The average molecular weight is 302 g/mol. The standard InChI is InChI=1S/C17H22N2O3/c20-16(14-5-2-1-3-6-14)18-8-4-9-19(11-10-18)17(21)15-7-12-22-13-15/h1-2,7,12-14H,3-6,8-11H2/t14-/m1/s1. The van der Waals surface area contributed by atoms with Crippen LogP contribution in [0.25, 0.3) is 0 Å². The number of carbonyl (C=O) groups is 2. The fraction of sp³-hybridized carbons (Fsp3) is 0.529. The maximum Gasteiger partial charge on any atom is 0.257 e. The lowest BCUT2D eigenvalue weighted by Gasteiger charge is -2.27. The normalized spacial score (nSPS) is 22.5. The Hall–Kier alpha value is -2.04. The maximum absolute atomic E-state index is 12.6. The first-order valence-electron chi connectivity index (χ1n) is 8.01. The Morgan fingerprint density at radius 2 is 1.91 bits per heavy atom. The van der Waals surface area contributed by atoms with Crippen LogP contribution in [0.15, 0.2) is 35.2 Å². The molecule has 2 amide bonds. The monoisotopic (exact) mass is 302 g/mol. The molecule has 2 aliphatic rings. The van der Waals surface area contributed by atoms with Crippen molar-refractivity contribution in [2.24, 2.45) is 5.92 Å². The van der Waals surface area contributed by atoms with Crippen molar-refractivity contribution in [2.75, 3.05) is 26.2 Å². The lowest BCUT2D eigenvalue weighted by molar-refractivity contribution is -0.135. The van der Waals surface area contributed by atoms with E-state index in [1.165, 1.54) is 12.5 Å². The third-order valence-electron chi connectivity index (χ3n) is 4.48. The Morgan fingerprint density at radius 3 is 2.64 bits per heavy atom. The highest BCUT2D eigenvalue weighted by Crippen LogP contribution is 2.21. The van der Waals surface area contributed by atoms with Crippen molar-refractivity contribution in [3.63, 3.8) is 0 Å². The van der Waals surface area contributed by atoms with Crippen LogP contribution in [0.1, 0.15) is 36.0 Å². The topological polar surface area (TPSA) is 53.8 Å². The van der Waals surface area contributed by atoms with Crippen LogP contribution >= 0.6 is 0 Å². The van der Waals surface area contributed by atoms with Crippen molar-refractivity contribution < 1.29 is 14.0 Å². The van der Waals surface area contributed by atoms with Gasteiger partial charge in [0, 0.05) is 32.1 Å². The molecule has 1 saturated heterocycles. The number of hydrogen-bond donors (Lipinski definition) is 0. The summed E-state index contributed by atoms with van der Waals surface area (Å²) in [6, 6.07) is 1.69. The van der Waals surface area contributed by atoms with E-state index in [-0.39, 0.29) is 17.7 Å². The predicted molar refractivity (Wildman–Crippen MR) is 82.3 cm³/mol. The molecule has 0 radical (unpaired) electrons. The highest BCUT2D eigenvalue weighted by atomic mass is 16.3. The summed E-state index contributed by atoms with van der Waals surface area (Å²) < 4.78 is 4.98. The van der Waals surface area contributed by atoms with Crippen LogP contribution in [0.3, 0.4) is 0 Å². The SMILES string of the molecule is O=C(c1ccoc1)N1CCCN(C(=O)[C@@H]2CC=CCC2)CC1. The first kappa shape index (κ1) is 14.9. The molecule has 2 heterocycles. The van der Waals surface area contributed by atoms with Crippen molar-refractivity contribution in [1.82, 2.24) is 9.80 Å². The molecule has 118 valence electrons. The highest BCUT2D eigenvalue weighted by molar-refractivity contribution is 5.93. The molecule has 3 rings (SSSR count). The van der Waals surface area contributed by atoms with Crippen LogP contribution in [0.4, 0.5) is 0 Å². The summed E-state index contributed by atoms with van der Waals surface area (Å²) in [7, 11) is 0. The fourth-order valence-electron chi connectivity index (χ4n) is 3.19. The van der Waals surface area contributed by atoms with E-state index in [9.17, 15) is 9.59 Å². The molecule has 1 atom stereocenters. The average Bonchev–Trinajstić information content (AvgIpc) is 2.99. The predicted octanol–water partition coefficient (Wildman–Crippen LogP) is 2.31. The molecule has 0 saturated carbocycles. The largest absolute Gasteiger partial charge is 0.472 e. The minimum Gasteiger partial charge on any atom is -0.472 e. The van der Waals surface area contributed by atoms with Crippen LogP contribution in [-0.2, 0) is 4.79 Å². The zero-order valence-electron chi connectivity index (χ0n) is 12.7. The first-order valence-corrected chi connectivity index (χ1v) is 8.01. The molecule has 5 heteroatoms. The van der Waals surface area contributed by atoms with E-state index in [4.69, 9.17) is 4.42 Å². The Balaban J connectivity index is 1.59. The van der Waals surface area contributed by atoms with Gasteiger partial charge >= 0.3 is 0 Å². The summed E-state index contributed by atoms with van der Waals surface area (Å²) >= 11 is 0. The quantitative estimate of drug-likeness (QED) is 0.788. The number of hydrogen-bond acceptors (Lipinski definition) is 3. The zero-order chi connectivity index (χ0) is 15.4. The molecule has 0 bridgehead atoms. The van der Waals surface area contributed by atoms with Crippen LogP contribution in [0, 0.1) is 5.92 Å². The van der Waals surface area contributed by atoms with E-state index < -0.39 is 0 Å². The summed E-state index contributed by atoms with van der Waals surface area (Å²) in [4.78, 5) is 28.7. The van der Waals surface area contributed by atoms with Gasteiger partial charge in [-0.15, -0.1) is 0 Å². The van der Waals surface area contributed by atoms with Gasteiger partial charge in [-0.1, -0.05) is 12.2 Å². The first-order chi connectivity index (χ1) is 10.8. The minimum absolute atomic E-state index is 0.0105. The van der Waals surface area contributed by atoms with Gasteiger partial charge in [-0.2, -0.15) is 0 Å². The van der Waals surface area contributed by atoms with E-state index in [0.717, 1.165) is 32.2 Å². The molecule has 1 aliphatic carbocycles. The Morgan fingerprint density at radius 1 is 1.09 bits per heavy atom. The summed E-state index contributed by atoms with van der Waals surface area (Å²) in [5.74, 6) is 0.367. The van der Waals surface area contributed by atoms with Crippen LogP contribution in [-0.4, -0.2) is 47.8 Å². The molecular formula is C17H22N2O3. The van der Waals surface area contributed by atoms with Crippen molar-refractivity contribution in [3.05, 3.63) is 36.3 Å². The number of amides is 2. The summed E-state index contributed by atoms with van der Waals surface area (Å²) in [5.41, 5.74) is 0.581. The van der Waals surface area contributed by atoms with Gasteiger partial charge in [0.2, 0.25) is 5.91 Å². The molecular weight excluding hydrogens is 280 g/mol. The second-order valence-corrected chi connectivity index (χ2v) is 5.96. The van der Waals surface area contributed by atoms with Crippen LogP contribution < -0.4 is 0 Å². The molecule has 22 heavy (non-hydrogen) atoms. The van der Waals surface area contributed by atoms with Crippen molar-refractivity contribution in [3.8, 4) is 0 Å². The maximum atomic E-state index is 12.6. The smallest absolute Gasteiger partial charge is 0.257 e. The van der Waals surface area contributed by atoms with Gasteiger partial charge in [0.1, 0.15) is 6.26 Å². The number of carbonyl (C=O) groups excluding carboxylic acids is 2. The van der Waals surface area contributed by atoms with Crippen molar-refractivity contribution >= 4 is 11.8 Å². The summed E-state index contributed by atoms with van der Waals surface area (Å²) in [6.45, 7) is 2.66. The molecule has 1 fully saturated rings. The molecule has 0 spiro atoms. The third-order valence-corrected chi connectivity index (χ3v) is 4.48. The van der Waals surface area contributed by atoms with Crippen LogP contribution in [0.5, 0.6) is 0 Å². The van der Waals surface area contributed by atoms with Gasteiger partial charge in [-0.3, -0.25) is 9.59 Å². The highest BCUT2D eigenvalue weighted by Gasteiger charge is 2.27. The summed E-state index contributed by atoms with van der Waals surface area (Å²) in [6.07, 6.45) is 10.9. The lowest BCUT2D eigenvalue weighted by atomic mass is 9.93. The molecule has 5 nitrogen and oxygen atoms in total. The number of furan rings is 1. The summed E-state index contributed by atoms with van der Waals surface area (Å²) in [5, 5.41) is 0. The van der Waals surface area contributed by atoms with E-state index in [1.54, 1.807) is 6.07 Å². The minimum atomic E-state index is -0.0105. The molecule has 0 unspecified atom stereocenters. The molecule has 1 aromatic rings. The van der Waals surface area contributed by atoms with Gasteiger partial charge in [0.15, 0.2) is 0 Å². The van der Waals surface area contributed by atoms with E-state index in [2.05, 4.69) is 12.2 Å². The number of allylic oxidation sites excluding steroid dienone is 2. The lowest BCUT2D eigenvalue weighted by Crippen LogP contribution is -2.40. The van der Waals surface area contributed by atoms with Gasteiger partial charge in [-0.05, 0) is 31.7 Å². The second-order valence-electron chi connectivity index (χ2n) is 5.96. The molecule has 1 aliphatic heterocycles. The van der Waals surface area contributed by atoms with Gasteiger partial charge in [0.25, 0.3) is 5.91 Å². The number of nitrogens with zero attached hydrogens (tertiary/aromatic N) is 2. The second kappa shape index (κ2) is 6.81. The van der Waals surface area contributed by atoms with Gasteiger partial charge < -0.3 is 14.2 Å². The Labute approximate surface area is 130 Å². The van der Waals surface area contributed by atoms with Crippen molar-refractivity contribution in [2.45, 2.75) is 25.7 Å². The fourth-order valence-corrected chi connectivity index (χ4v) is 3.19. The molecule has 0 N–H and O–H groups in total. The van der Waals surface area contributed by atoms with Crippen LogP contribution in [0.2, 0.25) is 0 Å². The van der Waals surface area contributed by atoms with E-state index in [0.29, 0.717) is 25.2 Å². The number of rotatable bonds is 2. The molecule has 1 aromatic heterocycles. The van der Waals surface area contributed by atoms with E-state index in [1.807, 2.05) is 9.80 Å². The zero-order valence-corrected chi connectivity index (χ0v) is 12.7. The van der Waals surface area contributed by atoms with E-state index >= 15 is 0 Å². The third kappa shape index (κ3) is 3.24. The van der Waals surface area contributed by atoms with Crippen molar-refractivity contribution in [1.29, 1.82) is 0 Å². The molecule has 0 aromatic carbocycles. The van der Waals surface area contributed by atoms with Gasteiger partial charge in [0.05, 0.1) is 11.8 Å².